The van der Waals surface area contributed by atoms with E-state index in [9.17, 15) is 26.3 Å². The maximum absolute atomic E-state index is 11.5. The minimum Gasteiger partial charge on any atom is -0.165 e. The average molecular weight is 188 g/mol. The van der Waals surface area contributed by atoms with Gasteiger partial charge in [0.25, 0.3) is 0 Å². The molecule has 0 atom stereocenters. The van der Waals surface area contributed by atoms with Crippen LogP contribution in [0.25, 0.3) is 0 Å². The van der Waals surface area contributed by atoms with Crippen molar-refractivity contribution in [3.05, 3.63) is 23.6 Å². The fourth-order valence-electron chi connectivity index (χ4n) is 0.391. The van der Waals surface area contributed by atoms with E-state index in [0.29, 0.717) is 0 Å². The van der Waals surface area contributed by atoms with Crippen molar-refractivity contribution in [2.75, 3.05) is 0 Å². The minimum absolute atomic E-state index is 0.868. The van der Waals surface area contributed by atoms with E-state index in [0.717, 1.165) is 5.73 Å². The Labute approximate surface area is 63.5 Å². The second kappa shape index (κ2) is 3.09. The van der Waals surface area contributed by atoms with Crippen molar-refractivity contribution in [3.63, 3.8) is 0 Å². The van der Waals surface area contributed by atoms with Gasteiger partial charge < -0.3 is 0 Å². The van der Waals surface area contributed by atoms with E-state index in [1.54, 1.807) is 0 Å². The molecular weight excluding hydrogens is 186 g/mol. The molecule has 6 heteroatoms. The minimum atomic E-state index is -5.47. The van der Waals surface area contributed by atoms with Gasteiger partial charge in [-0.25, -0.2) is 0 Å². The Morgan fingerprint density at radius 2 is 1.25 bits per heavy atom. The average Bonchev–Trinajstić information content (AvgIpc) is 1.77. The second-order valence-electron chi connectivity index (χ2n) is 1.67. The second-order valence-corrected chi connectivity index (χ2v) is 1.67. The molecule has 0 aliphatic carbocycles. The van der Waals surface area contributed by atoms with Gasteiger partial charge in [0.2, 0.25) is 0 Å². The SMILES string of the molecule is C=C=C=C(C(F)(F)F)C(F)(F)F. The highest BCUT2D eigenvalue weighted by molar-refractivity contribution is 5.13. The molecule has 68 valence electrons. The molecule has 0 aromatic rings. The van der Waals surface area contributed by atoms with Gasteiger partial charge in [-0.05, 0) is 6.58 Å². The van der Waals surface area contributed by atoms with Crippen molar-refractivity contribution < 1.29 is 26.3 Å². The third kappa shape index (κ3) is 2.86. The number of allylic oxidation sites excluding steroid dienone is 1. The van der Waals surface area contributed by atoms with Gasteiger partial charge in [0, 0.05) is 0 Å². The summed E-state index contributed by atoms with van der Waals surface area (Å²) in [5.74, 6) is 0. The lowest BCUT2D eigenvalue weighted by atomic mass is 10.3. The standard InChI is InChI=1S/C6H2F6/c1-2-3-4(5(7,8)9)6(10,11)12/h1H2. The van der Waals surface area contributed by atoms with E-state index < -0.39 is 17.9 Å². The summed E-state index contributed by atoms with van der Waals surface area (Å²) in [6.07, 6.45) is -10.9. The topological polar surface area (TPSA) is 0 Å². The van der Waals surface area contributed by atoms with Crippen LogP contribution in [-0.4, -0.2) is 12.4 Å². The molecule has 0 nitrogen and oxygen atoms in total. The van der Waals surface area contributed by atoms with Gasteiger partial charge >= 0.3 is 12.4 Å². The molecule has 0 unspecified atom stereocenters. The third-order valence-corrected chi connectivity index (χ3v) is 0.780. The summed E-state index contributed by atoms with van der Waals surface area (Å²) >= 11 is 0. The van der Waals surface area contributed by atoms with E-state index in [1.165, 1.54) is 5.73 Å². The maximum atomic E-state index is 11.5. The van der Waals surface area contributed by atoms with Crippen molar-refractivity contribution in [2.45, 2.75) is 12.4 Å². The molecule has 12 heavy (non-hydrogen) atoms. The van der Waals surface area contributed by atoms with Crippen LogP contribution < -0.4 is 0 Å². The molecule has 0 heterocycles. The molecule has 0 bridgehead atoms. The molecule has 0 saturated carbocycles. The zero-order chi connectivity index (χ0) is 9.99. The summed E-state index contributed by atoms with van der Waals surface area (Å²) in [5.41, 5.74) is -0.560. The van der Waals surface area contributed by atoms with Crippen molar-refractivity contribution in [1.82, 2.24) is 0 Å². The molecule has 0 saturated heterocycles. The van der Waals surface area contributed by atoms with E-state index in [-0.39, 0.29) is 0 Å². The smallest absolute Gasteiger partial charge is 0.165 e. The molecular formula is C6H2F6. The Bertz CT molecular complexity index is 226. The fourth-order valence-corrected chi connectivity index (χ4v) is 0.391. The summed E-state index contributed by atoms with van der Waals surface area (Å²) in [7, 11) is 0. The van der Waals surface area contributed by atoms with Crippen LogP contribution >= 0.6 is 0 Å². The summed E-state index contributed by atoms with van der Waals surface area (Å²) in [6, 6.07) is 0. The summed E-state index contributed by atoms with van der Waals surface area (Å²) in [6.45, 7) is 2.57. The maximum Gasteiger partial charge on any atom is 0.429 e. The van der Waals surface area contributed by atoms with Crippen LogP contribution in [0.4, 0.5) is 26.3 Å². The van der Waals surface area contributed by atoms with Gasteiger partial charge in [-0.3, -0.25) is 0 Å². The Hall–Kier alpha value is -1.12. The number of hydrogen-bond acceptors (Lipinski definition) is 0. The normalized spacial score (nSPS) is 11.8. The molecule has 0 radical (unpaired) electrons. The first-order chi connectivity index (χ1) is 5.19. The van der Waals surface area contributed by atoms with Crippen LogP contribution in [0.1, 0.15) is 0 Å². The van der Waals surface area contributed by atoms with E-state index in [4.69, 9.17) is 0 Å². The Balaban J connectivity index is 5.27. The molecule has 0 rings (SSSR count). The van der Waals surface area contributed by atoms with Crippen LogP contribution in [0, 0.1) is 0 Å². The number of alkyl halides is 6. The highest BCUT2D eigenvalue weighted by Gasteiger charge is 2.51. The van der Waals surface area contributed by atoms with Gasteiger partial charge in [-0.2, -0.15) is 26.3 Å². The predicted octanol–water partition coefficient (Wildman–Crippen LogP) is 2.98. The summed E-state index contributed by atoms with van der Waals surface area (Å²) in [5, 5.41) is 0. The van der Waals surface area contributed by atoms with Crippen LogP contribution in [0.5, 0.6) is 0 Å². The van der Waals surface area contributed by atoms with Crippen molar-refractivity contribution >= 4 is 0 Å². The molecule has 0 N–H and O–H groups in total. The molecule has 0 aliphatic rings. The van der Waals surface area contributed by atoms with Crippen molar-refractivity contribution in [1.29, 1.82) is 0 Å². The van der Waals surface area contributed by atoms with Gasteiger partial charge in [0.15, 0.2) is 5.57 Å². The van der Waals surface area contributed by atoms with Gasteiger partial charge in [-0.1, -0.05) is 11.5 Å². The largest absolute Gasteiger partial charge is 0.429 e. The lowest BCUT2D eigenvalue weighted by molar-refractivity contribution is -0.171. The van der Waals surface area contributed by atoms with Crippen molar-refractivity contribution in [2.24, 2.45) is 0 Å². The number of hydrogen-bond donors (Lipinski definition) is 0. The van der Waals surface area contributed by atoms with E-state index >= 15 is 0 Å². The lowest BCUT2D eigenvalue weighted by Crippen LogP contribution is -2.25. The lowest BCUT2D eigenvalue weighted by Gasteiger charge is -2.11. The van der Waals surface area contributed by atoms with Crippen LogP contribution in [0.3, 0.4) is 0 Å². The Kier molecular flexibility index (Phi) is 2.80. The monoisotopic (exact) mass is 188 g/mol. The van der Waals surface area contributed by atoms with Crippen LogP contribution in [-0.2, 0) is 0 Å². The number of halogens is 6. The molecule has 0 aliphatic heterocycles. The zero-order valence-corrected chi connectivity index (χ0v) is 5.47. The van der Waals surface area contributed by atoms with Crippen molar-refractivity contribution in [3.8, 4) is 0 Å². The van der Waals surface area contributed by atoms with Crippen LogP contribution in [0.15, 0.2) is 23.6 Å². The Morgan fingerprint density at radius 1 is 0.917 bits per heavy atom. The number of rotatable bonds is 0. The highest BCUT2D eigenvalue weighted by Crippen LogP contribution is 2.37. The first-order valence-corrected chi connectivity index (χ1v) is 2.49. The van der Waals surface area contributed by atoms with Gasteiger partial charge in [0.05, 0.1) is 0 Å². The molecule has 0 amide bonds. The molecule has 0 spiro atoms. The van der Waals surface area contributed by atoms with Gasteiger partial charge in [-0.15, -0.1) is 0 Å². The summed E-state index contributed by atoms with van der Waals surface area (Å²) < 4.78 is 69.1. The quantitative estimate of drug-likeness (QED) is 0.405. The first-order valence-electron chi connectivity index (χ1n) is 2.49. The fraction of sp³-hybridized carbons (Fsp3) is 0.333. The van der Waals surface area contributed by atoms with Crippen LogP contribution in [0.2, 0.25) is 0 Å². The molecule has 0 aromatic carbocycles. The van der Waals surface area contributed by atoms with E-state index in [2.05, 4.69) is 6.58 Å². The first kappa shape index (κ1) is 10.9. The predicted molar refractivity (Wildman–Crippen MR) is 28.3 cm³/mol. The molecule has 0 aromatic heterocycles. The van der Waals surface area contributed by atoms with Gasteiger partial charge in [0.1, 0.15) is 0 Å². The molecule has 0 fully saturated rings. The highest BCUT2D eigenvalue weighted by atomic mass is 19.4. The van der Waals surface area contributed by atoms with E-state index in [1.807, 2.05) is 0 Å². The Morgan fingerprint density at radius 3 is 1.33 bits per heavy atom. The summed E-state index contributed by atoms with van der Waals surface area (Å²) in [4.78, 5) is 0. The third-order valence-electron chi connectivity index (χ3n) is 0.780. The zero-order valence-electron chi connectivity index (χ0n) is 5.47.